The molecule has 0 spiro atoms. The molecule has 14 heavy (non-hydrogen) atoms. The van der Waals surface area contributed by atoms with Gasteiger partial charge in [-0.2, -0.15) is 0 Å². The first kappa shape index (κ1) is 11.2. The van der Waals surface area contributed by atoms with E-state index in [0.717, 1.165) is 0 Å². The van der Waals surface area contributed by atoms with Crippen LogP contribution in [0.4, 0.5) is 0 Å². The van der Waals surface area contributed by atoms with Crippen LogP contribution in [-0.2, 0) is 6.54 Å². The first-order valence-corrected chi connectivity index (χ1v) is 5.11. The molecule has 0 fully saturated rings. The molecule has 3 heteroatoms. The first-order valence-electron chi connectivity index (χ1n) is 4.23. The smallest absolute Gasteiger partial charge is 0.0345 e. The Balaban J connectivity index is 0.000000980. The number of halogens is 1. The Morgan fingerprint density at radius 3 is 2.50 bits per heavy atom. The Kier molecular flexibility index (Phi) is 4.14. The summed E-state index contributed by atoms with van der Waals surface area (Å²) >= 11 is 1.75. The molecular formula is C11H12ClNS. The van der Waals surface area contributed by atoms with Gasteiger partial charge in [0.15, 0.2) is 0 Å². The van der Waals surface area contributed by atoms with Crippen molar-refractivity contribution in [3.8, 4) is 10.4 Å². The zero-order valence-electron chi connectivity index (χ0n) is 7.64. The fourth-order valence-electron chi connectivity index (χ4n) is 1.37. The monoisotopic (exact) mass is 225 g/mol. The molecule has 0 amide bonds. The Hall–Kier alpha value is -0.830. The molecule has 1 aromatic heterocycles. The quantitative estimate of drug-likeness (QED) is 0.834. The van der Waals surface area contributed by atoms with Crippen LogP contribution in [0, 0.1) is 0 Å². The summed E-state index contributed by atoms with van der Waals surface area (Å²) in [5.74, 6) is 0. The number of nitrogens with two attached hydrogens (primary N) is 1. The number of hydrogen-bond donors (Lipinski definition) is 1. The zero-order chi connectivity index (χ0) is 9.10. The summed E-state index contributed by atoms with van der Waals surface area (Å²) in [5, 5.41) is 2.09. The summed E-state index contributed by atoms with van der Waals surface area (Å²) < 4.78 is 0. The summed E-state index contributed by atoms with van der Waals surface area (Å²) in [6.07, 6.45) is 0. The predicted octanol–water partition coefficient (Wildman–Crippen LogP) is 3.30. The molecule has 2 N–H and O–H groups in total. The van der Waals surface area contributed by atoms with Crippen LogP contribution >= 0.6 is 23.7 Å². The summed E-state index contributed by atoms with van der Waals surface area (Å²) in [6.45, 7) is 0.605. The molecule has 0 saturated heterocycles. The molecule has 74 valence electrons. The van der Waals surface area contributed by atoms with Gasteiger partial charge < -0.3 is 5.73 Å². The molecule has 1 heterocycles. The van der Waals surface area contributed by atoms with Crippen LogP contribution < -0.4 is 5.73 Å². The summed E-state index contributed by atoms with van der Waals surface area (Å²) in [6, 6.07) is 12.5. The molecule has 0 radical (unpaired) electrons. The van der Waals surface area contributed by atoms with Gasteiger partial charge in [-0.3, -0.25) is 0 Å². The van der Waals surface area contributed by atoms with Crippen LogP contribution in [-0.4, -0.2) is 0 Å². The average Bonchev–Trinajstić information content (AvgIpc) is 2.70. The van der Waals surface area contributed by atoms with E-state index in [4.69, 9.17) is 5.73 Å². The number of thiophene rings is 1. The van der Waals surface area contributed by atoms with Gasteiger partial charge in [0.05, 0.1) is 0 Å². The van der Waals surface area contributed by atoms with Crippen molar-refractivity contribution in [1.29, 1.82) is 0 Å². The largest absolute Gasteiger partial charge is 0.326 e. The highest BCUT2D eigenvalue weighted by Crippen LogP contribution is 2.27. The van der Waals surface area contributed by atoms with Crippen LogP contribution in [0.3, 0.4) is 0 Å². The lowest BCUT2D eigenvalue weighted by Gasteiger charge is -2.03. The highest BCUT2D eigenvalue weighted by atomic mass is 35.5. The van der Waals surface area contributed by atoms with Gasteiger partial charge in [0, 0.05) is 11.4 Å². The topological polar surface area (TPSA) is 26.0 Å². The molecule has 1 aromatic carbocycles. The Morgan fingerprint density at radius 2 is 1.86 bits per heavy atom. The van der Waals surface area contributed by atoms with Crippen molar-refractivity contribution in [2.75, 3.05) is 0 Å². The van der Waals surface area contributed by atoms with Crippen LogP contribution in [0.25, 0.3) is 10.4 Å². The molecule has 2 aromatic rings. The fourth-order valence-corrected chi connectivity index (χ4v) is 2.16. The van der Waals surface area contributed by atoms with Gasteiger partial charge in [-0.15, -0.1) is 23.7 Å². The molecule has 2 rings (SSSR count). The molecule has 0 bridgehead atoms. The molecule has 0 aliphatic carbocycles. The van der Waals surface area contributed by atoms with E-state index in [1.807, 2.05) is 12.1 Å². The summed E-state index contributed by atoms with van der Waals surface area (Å²) in [7, 11) is 0. The third-order valence-corrected chi connectivity index (χ3v) is 2.93. The SMILES string of the molecule is Cl.NCc1ccccc1-c1cccs1. The Bertz CT molecular complexity index is 384. The lowest BCUT2D eigenvalue weighted by molar-refractivity contribution is 1.07. The minimum atomic E-state index is 0. The van der Waals surface area contributed by atoms with Crippen molar-refractivity contribution in [2.24, 2.45) is 5.73 Å². The predicted molar refractivity (Wildman–Crippen MR) is 64.9 cm³/mol. The highest BCUT2D eigenvalue weighted by molar-refractivity contribution is 7.13. The molecule has 1 nitrogen and oxygen atoms in total. The number of rotatable bonds is 2. The van der Waals surface area contributed by atoms with Crippen LogP contribution in [0.5, 0.6) is 0 Å². The molecule has 0 aliphatic rings. The van der Waals surface area contributed by atoms with E-state index >= 15 is 0 Å². The van der Waals surface area contributed by atoms with Crippen molar-refractivity contribution in [1.82, 2.24) is 0 Å². The van der Waals surface area contributed by atoms with Gasteiger partial charge in [-0.05, 0) is 22.6 Å². The lowest BCUT2D eigenvalue weighted by atomic mass is 10.1. The van der Waals surface area contributed by atoms with Gasteiger partial charge in [-0.1, -0.05) is 30.3 Å². The minimum absolute atomic E-state index is 0. The molecule has 0 unspecified atom stereocenters. The summed E-state index contributed by atoms with van der Waals surface area (Å²) in [4.78, 5) is 1.29. The standard InChI is InChI=1S/C11H11NS.ClH/c12-8-9-4-1-2-5-10(9)11-6-3-7-13-11;/h1-7H,8,12H2;1H. The fraction of sp³-hybridized carbons (Fsp3) is 0.0909. The highest BCUT2D eigenvalue weighted by Gasteiger charge is 2.02. The molecule has 0 saturated carbocycles. The summed E-state index contributed by atoms with van der Waals surface area (Å²) in [5.41, 5.74) is 8.14. The van der Waals surface area contributed by atoms with E-state index in [0.29, 0.717) is 6.54 Å². The van der Waals surface area contributed by atoms with Crippen molar-refractivity contribution < 1.29 is 0 Å². The maximum atomic E-state index is 5.66. The molecule has 0 atom stereocenters. The minimum Gasteiger partial charge on any atom is -0.326 e. The second-order valence-corrected chi connectivity index (χ2v) is 3.79. The zero-order valence-corrected chi connectivity index (χ0v) is 9.28. The Morgan fingerprint density at radius 1 is 1.07 bits per heavy atom. The van der Waals surface area contributed by atoms with E-state index in [1.54, 1.807) is 11.3 Å². The lowest BCUT2D eigenvalue weighted by Crippen LogP contribution is -1.97. The first-order chi connectivity index (χ1) is 6.42. The van der Waals surface area contributed by atoms with Crippen LogP contribution in [0.15, 0.2) is 41.8 Å². The van der Waals surface area contributed by atoms with Gasteiger partial charge in [0.1, 0.15) is 0 Å². The van der Waals surface area contributed by atoms with E-state index < -0.39 is 0 Å². The van der Waals surface area contributed by atoms with E-state index in [1.165, 1.54) is 16.0 Å². The van der Waals surface area contributed by atoms with E-state index in [-0.39, 0.29) is 12.4 Å². The third-order valence-electron chi connectivity index (χ3n) is 2.02. The second kappa shape index (κ2) is 5.15. The Labute approximate surface area is 94.0 Å². The second-order valence-electron chi connectivity index (χ2n) is 2.84. The van der Waals surface area contributed by atoms with Crippen molar-refractivity contribution in [2.45, 2.75) is 6.54 Å². The van der Waals surface area contributed by atoms with Gasteiger partial charge in [0.25, 0.3) is 0 Å². The van der Waals surface area contributed by atoms with Crippen LogP contribution in [0.1, 0.15) is 5.56 Å². The van der Waals surface area contributed by atoms with Crippen LogP contribution in [0.2, 0.25) is 0 Å². The van der Waals surface area contributed by atoms with Gasteiger partial charge >= 0.3 is 0 Å². The molecule has 0 aliphatic heterocycles. The third kappa shape index (κ3) is 2.15. The normalized spacial score (nSPS) is 9.50. The number of benzene rings is 1. The number of hydrogen-bond acceptors (Lipinski definition) is 2. The van der Waals surface area contributed by atoms with Gasteiger partial charge in [0.2, 0.25) is 0 Å². The van der Waals surface area contributed by atoms with Crippen molar-refractivity contribution >= 4 is 23.7 Å². The van der Waals surface area contributed by atoms with Gasteiger partial charge in [-0.25, -0.2) is 0 Å². The van der Waals surface area contributed by atoms with E-state index in [2.05, 4.69) is 29.6 Å². The average molecular weight is 226 g/mol. The maximum Gasteiger partial charge on any atom is 0.0345 e. The molecular weight excluding hydrogens is 214 g/mol. The maximum absolute atomic E-state index is 5.66. The van der Waals surface area contributed by atoms with E-state index in [9.17, 15) is 0 Å². The van der Waals surface area contributed by atoms with Crippen molar-refractivity contribution in [3.05, 3.63) is 47.3 Å². The van der Waals surface area contributed by atoms with Crippen molar-refractivity contribution in [3.63, 3.8) is 0 Å².